The number of methoxy groups -OCH3 is 4. The van der Waals surface area contributed by atoms with Crippen LogP contribution in [0.5, 0.6) is 0 Å². The summed E-state index contributed by atoms with van der Waals surface area (Å²) in [5.41, 5.74) is 0. The Morgan fingerprint density at radius 2 is 1.26 bits per heavy atom. The monoisotopic (exact) mass is 508 g/mol. The highest BCUT2D eigenvalue weighted by Crippen LogP contribution is 2.29. The minimum Gasteiger partial charge on any atom is -0.387 e. The quantitative estimate of drug-likeness (QED) is 0.208. The van der Waals surface area contributed by atoms with E-state index >= 15 is 0 Å². The molecule has 0 aromatic carbocycles. The van der Waals surface area contributed by atoms with Gasteiger partial charge in [-0.05, 0) is 0 Å². The number of aliphatic hydroxyl groups is 3. The van der Waals surface area contributed by atoms with Crippen molar-refractivity contribution in [3.8, 4) is 0 Å². The van der Waals surface area contributed by atoms with E-state index in [9.17, 15) is 20.1 Å². The van der Waals surface area contributed by atoms with Gasteiger partial charge in [0.2, 0.25) is 0 Å². The van der Waals surface area contributed by atoms with Crippen molar-refractivity contribution in [3.63, 3.8) is 0 Å². The van der Waals surface area contributed by atoms with E-state index in [-0.39, 0.29) is 19.8 Å². The molecule has 10 atom stereocenters. The molecular weight excluding hydrogens is 468 g/mol. The third-order valence-corrected chi connectivity index (χ3v) is 5.50. The summed E-state index contributed by atoms with van der Waals surface area (Å²) < 4.78 is 42.3. The zero-order valence-corrected chi connectivity index (χ0v) is 20.8. The van der Waals surface area contributed by atoms with E-state index < -0.39 is 61.2 Å². The molecule has 12 nitrogen and oxygen atoms in total. The van der Waals surface area contributed by atoms with Gasteiger partial charge in [-0.2, -0.15) is 0 Å². The van der Waals surface area contributed by atoms with Gasteiger partial charge >= 0.3 is 0 Å². The first-order valence-electron chi connectivity index (χ1n) is 11.1. The van der Waals surface area contributed by atoms with Crippen LogP contribution in [0, 0.1) is 5.92 Å². The molecule has 0 aliphatic carbocycles. The second kappa shape index (κ2) is 17.2. The van der Waals surface area contributed by atoms with Crippen LogP contribution in [0.3, 0.4) is 0 Å². The molecule has 204 valence electrons. The third-order valence-electron chi connectivity index (χ3n) is 5.50. The molecule has 2 aliphatic heterocycles. The van der Waals surface area contributed by atoms with Gasteiger partial charge < -0.3 is 58.0 Å². The van der Waals surface area contributed by atoms with Crippen LogP contribution >= 0.6 is 0 Å². The topological polar surface area (TPSA) is 152 Å². The molecule has 35 heavy (non-hydrogen) atoms. The second-order valence-corrected chi connectivity index (χ2v) is 7.83. The third kappa shape index (κ3) is 8.95. The predicted octanol–water partition coefficient (Wildman–Crippen LogP) is -0.952. The molecule has 2 heterocycles. The summed E-state index contributed by atoms with van der Waals surface area (Å²) in [4.78, 5) is 11.3. The highest BCUT2D eigenvalue weighted by Gasteiger charge is 2.47. The summed E-state index contributed by atoms with van der Waals surface area (Å²) in [5, 5.41) is 28.7. The van der Waals surface area contributed by atoms with Crippen LogP contribution in [-0.2, 0) is 42.7 Å². The fourth-order valence-corrected chi connectivity index (χ4v) is 3.76. The molecule has 0 spiro atoms. The molecule has 0 saturated carbocycles. The SMILES string of the molecule is C=CCOC1OC(COC)C(C=O)C(OC)C1OC.C=CCOC1OC(COC)C(O)C(O)C1O. The summed E-state index contributed by atoms with van der Waals surface area (Å²) >= 11 is 0. The molecule has 2 saturated heterocycles. The van der Waals surface area contributed by atoms with Crippen LogP contribution in [-0.4, -0.2) is 132 Å². The second-order valence-electron chi connectivity index (χ2n) is 7.83. The summed E-state index contributed by atoms with van der Waals surface area (Å²) in [6, 6.07) is 0. The van der Waals surface area contributed by atoms with Gasteiger partial charge in [-0.15, -0.1) is 13.2 Å². The average Bonchev–Trinajstić information content (AvgIpc) is 2.87. The lowest BCUT2D eigenvalue weighted by atomic mass is 9.90. The summed E-state index contributed by atoms with van der Waals surface area (Å²) in [7, 11) is 6.07. The molecule has 2 rings (SSSR count). The highest BCUT2D eigenvalue weighted by molar-refractivity contribution is 5.56. The van der Waals surface area contributed by atoms with E-state index in [1.807, 2.05) is 0 Å². The van der Waals surface area contributed by atoms with E-state index in [4.69, 9.17) is 37.9 Å². The Bertz CT molecular complexity index is 605. The predicted molar refractivity (Wildman–Crippen MR) is 123 cm³/mol. The largest absolute Gasteiger partial charge is 0.387 e. The van der Waals surface area contributed by atoms with E-state index in [1.165, 1.54) is 27.4 Å². The van der Waals surface area contributed by atoms with Crippen molar-refractivity contribution < 1.29 is 58.0 Å². The number of aliphatic hydroxyl groups excluding tert-OH is 3. The minimum absolute atomic E-state index is 0.110. The Morgan fingerprint density at radius 3 is 1.74 bits per heavy atom. The smallest absolute Gasteiger partial charge is 0.187 e. The van der Waals surface area contributed by atoms with Crippen LogP contribution in [0.1, 0.15) is 0 Å². The average molecular weight is 509 g/mol. The zero-order valence-electron chi connectivity index (χ0n) is 20.8. The minimum atomic E-state index is -1.32. The Labute approximate surface area is 206 Å². The molecular formula is C23H40O12. The highest BCUT2D eigenvalue weighted by atomic mass is 16.7. The molecule has 0 bridgehead atoms. The number of ether oxygens (including phenoxy) is 8. The molecule has 0 amide bonds. The fourth-order valence-electron chi connectivity index (χ4n) is 3.76. The zero-order chi connectivity index (χ0) is 26.4. The van der Waals surface area contributed by atoms with Gasteiger partial charge in [-0.1, -0.05) is 12.2 Å². The van der Waals surface area contributed by atoms with Crippen molar-refractivity contribution in [2.75, 3.05) is 54.9 Å². The van der Waals surface area contributed by atoms with E-state index in [0.29, 0.717) is 6.61 Å². The van der Waals surface area contributed by atoms with Crippen molar-refractivity contribution in [2.24, 2.45) is 5.92 Å². The van der Waals surface area contributed by atoms with Gasteiger partial charge in [0.1, 0.15) is 42.9 Å². The van der Waals surface area contributed by atoms with Gasteiger partial charge in [0.25, 0.3) is 0 Å². The van der Waals surface area contributed by atoms with E-state index in [2.05, 4.69) is 13.2 Å². The van der Waals surface area contributed by atoms with Crippen LogP contribution in [0.4, 0.5) is 0 Å². The summed E-state index contributed by atoms with van der Waals surface area (Å²) in [5.74, 6) is -0.460. The molecule has 3 N–H and O–H groups in total. The van der Waals surface area contributed by atoms with Crippen molar-refractivity contribution >= 4 is 6.29 Å². The number of hydrogen-bond donors (Lipinski definition) is 3. The van der Waals surface area contributed by atoms with Crippen molar-refractivity contribution in [3.05, 3.63) is 25.3 Å². The van der Waals surface area contributed by atoms with Gasteiger partial charge in [0.15, 0.2) is 12.6 Å². The lowest BCUT2D eigenvalue weighted by molar-refractivity contribution is -0.299. The summed E-state index contributed by atoms with van der Waals surface area (Å²) in [6.45, 7) is 7.95. The Morgan fingerprint density at radius 1 is 0.743 bits per heavy atom. The standard InChI is InChI=1S/C13H22O6.C10H18O6/c1-5-6-18-13-12(17-4)11(16-3)9(7-14)10(19-13)8-15-2;1-3-4-15-10-9(13)8(12)7(11)6(16-10)5-14-2/h5,7,9-13H,1,6,8H2,2-4H3;3,6-13H,1,4-5H2,2H3. The lowest BCUT2D eigenvalue weighted by Gasteiger charge is -2.43. The van der Waals surface area contributed by atoms with E-state index in [1.54, 1.807) is 13.2 Å². The van der Waals surface area contributed by atoms with Gasteiger partial charge in [0.05, 0.1) is 38.4 Å². The molecule has 0 radical (unpaired) electrons. The maximum Gasteiger partial charge on any atom is 0.187 e. The normalized spacial score (nSPS) is 37.1. The first kappa shape index (κ1) is 31.7. The van der Waals surface area contributed by atoms with Crippen LogP contribution in [0.25, 0.3) is 0 Å². The Kier molecular flexibility index (Phi) is 15.6. The summed E-state index contributed by atoms with van der Waals surface area (Å²) in [6.07, 6.45) is -3.54. The molecule has 2 fully saturated rings. The van der Waals surface area contributed by atoms with Gasteiger partial charge in [-0.3, -0.25) is 0 Å². The Balaban J connectivity index is 0.000000355. The number of rotatable bonds is 13. The number of hydrogen-bond acceptors (Lipinski definition) is 12. The van der Waals surface area contributed by atoms with Crippen LogP contribution in [0.2, 0.25) is 0 Å². The van der Waals surface area contributed by atoms with Gasteiger partial charge in [0, 0.05) is 28.4 Å². The first-order chi connectivity index (χ1) is 16.8. The number of carbonyl (C=O) groups excluding carboxylic acids is 1. The molecule has 0 aromatic heterocycles. The van der Waals surface area contributed by atoms with E-state index in [0.717, 1.165) is 6.29 Å². The molecule has 10 unspecified atom stereocenters. The van der Waals surface area contributed by atoms with Crippen LogP contribution < -0.4 is 0 Å². The number of carbonyl (C=O) groups is 1. The lowest BCUT2D eigenvalue weighted by Crippen LogP contribution is -2.59. The number of aldehydes is 1. The Hall–Kier alpha value is -1.29. The van der Waals surface area contributed by atoms with Crippen molar-refractivity contribution in [1.29, 1.82) is 0 Å². The van der Waals surface area contributed by atoms with Crippen LogP contribution in [0.15, 0.2) is 25.3 Å². The maximum atomic E-state index is 11.3. The fraction of sp³-hybridized carbons (Fsp3) is 0.783. The van der Waals surface area contributed by atoms with Gasteiger partial charge in [-0.25, -0.2) is 0 Å². The first-order valence-corrected chi connectivity index (χ1v) is 11.1. The maximum absolute atomic E-state index is 11.3. The van der Waals surface area contributed by atoms with Crippen molar-refractivity contribution in [1.82, 2.24) is 0 Å². The molecule has 0 aromatic rings. The molecule has 12 heteroatoms. The van der Waals surface area contributed by atoms with Crippen molar-refractivity contribution in [2.45, 2.75) is 55.3 Å². The molecule has 2 aliphatic rings.